The first kappa shape index (κ1) is 12.3. The molecule has 0 saturated heterocycles. The van der Waals surface area contributed by atoms with E-state index in [-0.39, 0.29) is 11.1 Å². The van der Waals surface area contributed by atoms with Gasteiger partial charge in [0.05, 0.1) is 5.69 Å². The minimum atomic E-state index is -0.363. The number of halogens is 1. The fourth-order valence-electron chi connectivity index (χ4n) is 1.73. The maximum absolute atomic E-state index is 11.5. The summed E-state index contributed by atoms with van der Waals surface area (Å²) in [6, 6.07) is 8.56. The van der Waals surface area contributed by atoms with Gasteiger partial charge in [-0.1, -0.05) is 11.6 Å². The Hall–Kier alpha value is -2.12. The van der Waals surface area contributed by atoms with E-state index in [1.54, 1.807) is 23.7 Å². The molecule has 1 aromatic heterocycles. The summed E-state index contributed by atoms with van der Waals surface area (Å²) in [6.45, 7) is 3.66. The zero-order valence-electron chi connectivity index (χ0n) is 9.94. The molecule has 0 spiro atoms. The van der Waals surface area contributed by atoms with E-state index in [4.69, 9.17) is 16.9 Å². The second kappa shape index (κ2) is 4.63. The summed E-state index contributed by atoms with van der Waals surface area (Å²) in [7, 11) is 0. The lowest BCUT2D eigenvalue weighted by Gasteiger charge is -2.12. The van der Waals surface area contributed by atoms with Crippen LogP contribution in [0.1, 0.15) is 17.0 Å². The van der Waals surface area contributed by atoms with Crippen molar-refractivity contribution in [2.24, 2.45) is 0 Å². The molecular weight excluding hydrogens is 250 g/mol. The Kier molecular flexibility index (Phi) is 3.17. The number of aryl methyl sites for hydroxylation is 2. The van der Waals surface area contributed by atoms with Gasteiger partial charge in [-0.3, -0.25) is 4.79 Å². The van der Waals surface area contributed by atoms with E-state index < -0.39 is 0 Å². The Balaban J connectivity index is 2.72. The molecule has 0 saturated carbocycles. The summed E-state index contributed by atoms with van der Waals surface area (Å²) in [5.74, 6) is 0. The number of hydrogen-bond acceptors (Lipinski definition) is 3. The molecule has 0 N–H and O–H groups in total. The summed E-state index contributed by atoms with van der Waals surface area (Å²) in [6.07, 6.45) is 0. The predicted octanol–water partition coefficient (Wildman–Crippen LogP) is 2.37. The quantitative estimate of drug-likeness (QED) is 0.790. The van der Waals surface area contributed by atoms with Gasteiger partial charge in [-0.15, -0.1) is 0 Å². The lowest BCUT2D eigenvalue weighted by atomic mass is 10.2. The van der Waals surface area contributed by atoms with Crippen molar-refractivity contribution in [2.45, 2.75) is 13.8 Å². The van der Waals surface area contributed by atoms with Gasteiger partial charge in [0.25, 0.3) is 0 Å². The zero-order chi connectivity index (χ0) is 13.3. The number of benzene rings is 1. The Labute approximate surface area is 109 Å². The van der Waals surface area contributed by atoms with Crippen LogP contribution in [-0.2, 0) is 0 Å². The molecule has 0 fully saturated rings. The molecule has 0 unspecified atom stereocenters. The van der Waals surface area contributed by atoms with E-state index in [1.165, 1.54) is 6.07 Å². The van der Waals surface area contributed by atoms with Gasteiger partial charge in [-0.2, -0.15) is 10.4 Å². The maximum atomic E-state index is 11.5. The first-order chi connectivity index (χ1) is 8.52. The second-order valence-corrected chi connectivity index (χ2v) is 4.39. The number of nitriles is 1. The maximum Gasteiger partial charge on any atom is 0.218 e. The Morgan fingerprint density at radius 2 is 2.06 bits per heavy atom. The molecule has 0 atom stereocenters. The van der Waals surface area contributed by atoms with Crippen LogP contribution in [0.3, 0.4) is 0 Å². The van der Waals surface area contributed by atoms with Crippen LogP contribution in [0.2, 0.25) is 5.02 Å². The largest absolute Gasteiger partial charge is 0.287 e. The molecule has 1 heterocycles. The van der Waals surface area contributed by atoms with Crippen LogP contribution in [0.25, 0.3) is 5.69 Å². The van der Waals surface area contributed by atoms with Gasteiger partial charge in [-0.05, 0) is 37.6 Å². The molecule has 1 aromatic carbocycles. The van der Waals surface area contributed by atoms with Crippen LogP contribution in [0.4, 0.5) is 0 Å². The first-order valence-corrected chi connectivity index (χ1v) is 5.68. The third kappa shape index (κ3) is 2.13. The molecular formula is C13H10ClN3O. The van der Waals surface area contributed by atoms with Crippen LogP contribution in [0.15, 0.2) is 29.1 Å². The highest BCUT2D eigenvalue weighted by Gasteiger charge is 2.09. The molecule has 2 aromatic rings. The lowest BCUT2D eigenvalue weighted by Crippen LogP contribution is -2.17. The molecule has 90 valence electrons. The molecule has 0 aliphatic rings. The third-order valence-electron chi connectivity index (χ3n) is 2.60. The smallest absolute Gasteiger partial charge is 0.218 e. The molecule has 5 heteroatoms. The molecule has 4 nitrogen and oxygen atoms in total. The van der Waals surface area contributed by atoms with Gasteiger partial charge >= 0.3 is 0 Å². The highest BCUT2D eigenvalue weighted by molar-refractivity contribution is 6.30. The van der Waals surface area contributed by atoms with Crippen molar-refractivity contribution in [3.05, 3.63) is 56.5 Å². The van der Waals surface area contributed by atoms with Crippen molar-refractivity contribution < 1.29 is 0 Å². The molecule has 18 heavy (non-hydrogen) atoms. The molecule has 0 aliphatic heterocycles. The minimum Gasteiger partial charge on any atom is -0.287 e. The Morgan fingerprint density at radius 1 is 1.33 bits per heavy atom. The fourth-order valence-corrected chi connectivity index (χ4v) is 1.95. The third-order valence-corrected chi connectivity index (χ3v) is 2.84. The Morgan fingerprint density at radius 3 is 2.67 bits per heavy atom. The van der Waals surface area contributed by atoms with Crippen molar-refractivity contribution in [3.8, 4) is 11.8 Å². The average Bonchev–Trinajstić information content (AvgIpc) is 2.30. The van der Waals surface area contributed by atoms with E-state index in [1.807, 2.05) is 19.1 Å². The number of nitrogens with zero attached hydrogens (tertiary/aromatic N) is 3. The molecule has 2 rings (SSSR count). The van der Waals surface area contributed by atoms with Crippen molar-refractivity contribution >= 4 is 11.6 Å². The van der Waals surface area contributed by atoms with E-state index in [0.29, 0.717) is 10.7 Å². The summed E-state index contributed by atoms with van der Waals surface area (Å²) in [5, 5.41) is 13.5. The van der Waals surface area contributed by atoms with Gasteiger partial charge in [0, 0.05) is 16.8 Å². The van der Waals surface area contributed by atoms with Crippen molar-refractivity contribution in [1.82, 2.24) is 9.78 Å². The monoisotopic (exact) mass is 259 g/mol. The summed E-state index contributed by atoms with van der Waals surface area (Å²) >= 11 is 5.90. The molecule has 0 aliphatic carbocycles. The number of hydrogen-bond donors (Lipinski definition) is 0. The Bertz CT molecular complexity index is 713. The summed E-state index contributed by atoms with van der Waals surface area (Å²) in [5.41, 5.74) is 1.91. The fraction of sp³-hybridized carbons (Fsp3) is 0.154. The van der Waals surface area contributed by atoms with Crippen molar-refractivity contribution in [1.29, 1.82) is 5.26 Å². The van der Waals surface area contributed by atoms with Crippen LogP contribution in [0, 0.1) is 25.2 Å². The lowest BCUT2D eigenvalue weighted by molar-refractivity contribution is 0.785. The molecule has 0 radical (unpaired) electrons. The van der Waals surface area contributed by atoms with Gasteiger partial charge in [-0.25, -0.2) is 4.68 Å². The summed E-state index contributed by atoms with van der Waals surface area (Å²) < 4.78 is 1.58. The molecule has 0 amide bonds. The van der Waals surface area contributed by atoms with Gasteiger partial charge in [0.15, 0.2) is 0 Å². The molecule has 0 bridgehead atoms. The van der Waals surface area contributed by atoms with E-state index in [0.717, 1.165) is 11.3 Å². The van der Waals surface area contributed by atoms with E-state index in [2.05, 4.69) is 5.10 Å². The summed E-state index contributed by atoms with van der Waals surface area (Å²) in [4.78, 5) is 11.5. The van der Waals surface area contributed by atoms with E-state index in [9.17, 15) is 4.79 Å². The van der Waals surface area contributed by atoms with Crippen molar-refractivity contribution in [3.63, 3.8) is 0 Å². The van der Waals surface area contributed by atoms with Gasteiger partial charge < -0.3 is 0 Å². The van der Waals surface area contributed by atoms with Crippen LogP contribution in [-0.4, -0.2) is 9.78 Å². The minimum absolute atomic E-state index is 0.116. The zero-order valence-corrected chi connectivity index (χ0v) is 10.7. The van der Waals surface area contributed by atoms with Crippen LogP contribution < -0.4 is 5.43 Å². The predicted molar refractivity (Wildman–Crippen MR) is 69.0 cm³/mol. The van der Waals surface area contributed by atoms with Crippen LogP contribution in [0.5, 0.6) is 0 Å². The highest BCUT2D eigenvalue weighted by atomic mass is 35.5. The normalized spacial score (nSPS) is 10.1. The standard InChI is InChI=1S/C13H10ClN3O/c1-8-5-10(14)3-4-12(8)17-9(2)6-13(18)11(7-15)16-17/h3-6H,1-2H3. The number of rotatable bonds is 1. The van der Waals surface area contributed by atoms with Crippen LogP contribution >= 0.6 is 11.6 Å². The topological polar surface area (TPSA) is 58.7 Å². The first-order valence-electron chi connectivity index (χ1n) is 5.30. The van der Waals surface area contributed by atoms with Gasteiger partial charge in [0.2, 0.25) is 11.1 Å². The average molecular weight is 260 g/mol. The SMILES string of the molecule is Cc1cc(Cl)ccc1-n1nc(C#N)c(=O)cc1C. The van der Waals surface area contributed by atoms with E-state index >= 15 is 0 Å². The van der Waals surface area contributed by atoms with Crippen molar-refractivity contribution in [2.75, 3.05) is 0 Å². The second-order valence-electron chi connectivity index (χ2n) is 3.95. The number of aromatic nitrogens is 2. The highest BCUT2D eigenvalue weighted by Crippen LogP contribution is 2.19. The van der Waals surface area contributed by atoms with Gasteiger partial charge in [0.1, 0.15) is 6.07 Å².